The second kappa shape index (κ2) is 7.39. The largest absolute Gasteiger partial charge is 0.495 e. The van der Waals surface area contributed by atoms with Gasteiger partial charge in [0.2, 0.25) is 0 Å². The number of ether oxygens (including phenoxy) is 1. The monoisotopic (exact) mass is 300 g/mol. The van der Waals surface area contributed by atoms with Gasteiger partial charge in [0.05, 0.1) is 12.1 Å². The van der Waals surface area contributed by atoms with Crippen LogP contribution in [0.3, 0.4) is 0 Å². The lowest BCUT2D eigenvalue weighted by atomic mass is 10.0. The molecule has 2 rings (SSSR count). The topological polar surface area (TPSA) is 38.5 Å². The standard InChI is InChI=1S/C14H21ClN2OS/c1-18-14-4-3-11(9-12(14)15)13(10-16)17-5-2-7-19-8-6-17/h3-4,9,13H,2,5-8,10,16H2,1H3. The van der Waals surface area contributed by atoms with E-state index in [1.54, 1.807) is 7.11 Å². The Morgan fingerprint density at radius 1 is 1.42 bits per heavy atom. The number of hydrogen-bond donors (Lipinski definition) is 1. The van der Waals surface area contributed by atoms with Gasteiger partial charge in [0.15, 0.2) is 0 Å². The summed E-state index contributed by atoms with van der Waals surface area (Å²) in [6.45, 7) is 2.82. The van der Waals surface area contributed by atoms with Gasteiger partial charge in [-0.2, -0.15) is 11.8 Å². The highest BCUT2D eigenvalue weighted by Crippen LogP contribution is 2.30. The van der Waals surface area contributed by atoms with Crippen molar-refractivity contribution in [2.45, 2.75) is 12.5 Å². The number of methoxy groups -OCH3 is 1. The van der Waals surface area contributed by atoms with E-state index in [1.807, 2.05) is 23.9 Å². The molecule has 2 N–H and O–H groups in total. The summed E-state index contributed by atoms with van der Waals surface area (Å²) in [7, 11) is 1.63. The Bertz CT molecular complexity index is 408. The summed E-state index contributed by atoms with van der Waals surface area (Å²) in [5.74, 6) is 3.14. The summed E-state index contributed by atoms with van der Waals surface area (Å²) >= 11 is 8.24. The van der Waals surface area contributed by atoms with Gasteiger partial charge >= 0.3 is 0 Å². The van der Waals surface area contributed by atoms with Crippen LogP contribution in [0.2, 0.25) is 5.02 Å². The van der Waals surface area contributed by atoms with Crippen LogP contribution in [0, 0.1) is 0 Å². The Kier molecular flexibility index (Phi) is 5.82. The molecular weight excluding hydrogens is 280 g/mol. The first-order valence-electron chi connectivity index (χ1n) is 6.61. The van der Waals surface area contributed by atoms with Crippen LogP contribution in [-0.4, -0.2) is 43.1 Å². The zero-order valence-electron chi connectivity index (χ0n) is 11.3. The second-order valence-electron chi connectivity index (χ2n) is 4.65. The van der Waals surface area contributed by atoms with Crippen LogP contribution in [0.5, 0.6) is 5.75 Å². The van der Waals surface area contributed by atoms with E-state index in [2.05, 4.69) is 11.0 Å². The van der Waals surface area contributed by atoms with E-state index in [4.69, 9.17) is 22.1 Å². The van der Waals surface area contributed by atoms with E-state index in [1.165, 1.54) is 23.5 Å². The highest BCUT2D eigenvalue weighted by molar-refractivity contribution is 7.99. The maximum atomic E-state index is 6.21. The summed E-state index contributed by atoms with van der Waals surface area (Å²) in [6.07, 6.45) is 1.23. The molecule has 1 aliphatic rings. The molecule has 106 valence electrons. The predicted octanol–water partition coefficient (Wildman–Crippen LogP) is 2.79. The number of thioether (sulfide) groups is 1. The van der Waals surface area contributed by atoms with Crippen molar-refractivity contribution < 1.29 is 4.74 Å². The minimum atomic E-state index is 0.252. The van der Waals surface area contributed by atoms with Crippen LogP contribution in [0.25, 0.3) is 0 Å². The maximum Gasteiger partial charge on any atom is 0.137 e. The Morgan fingerprint density at radius 2 is 2.26 bits per heavy atom. The van der Waals surface area contributed by atoms with E-state index in [0.717, 1.165) is 13.1 Å². The summed E-state index contributed by atoms with van der Waals surface area (Å²) in [5.41, 5.74) is 7.17. The number of nitrogens with zero attached hydrogens (tertiary/aromatic N) is 1. The molecular formula is C14H21ClN2OS. The Labute approximate surface area is 124 Å². The summed E-state index contributed by atoms with van der Waals surface area (Å²) in [4.78, 5) is 2.47. The Morgan fingerprint density at radius 3 is 2.95 bits per heavy atom. The first kappa shape index (κ1) is 15.0. The van der Waals surface area contributed by atoms with Crippen molar-refractivity contribution in [3.05, 3.63) is 28.8 Å². The quantitative estimate of drug-likeness (QED) is 0.928. The van der Waals surface area contributed by atoms with Crippen LogP contribution in [-0.2, 0) is 0 Å². The minimum Gasteiger partial charge on any atom is -0.495 e. The molecule has 3 nitrogen and oxygen atoms in total. The third-order valence-electron chi connectivity index (χ3n) is 3.48. The fraction of sp³-hybridized carbons (Fsp3) is 0.571. The van der Waals surface area contributed by atoms with Crippen molar-refractivity contribution in [1.82, 2.24) is 4.90 Å². The van der Waals surface area contributed by atoms with Gasteiger partial charge < -0.3 is 10.5 Å². The number of hydrogen-bond acceptors (Lipinski definition) is 4. The number of benzene rings is 1. The fourth-order valence-electron chi connectivity index (χ4n) is 2.46. The predicted molar refractivity (Wildman–Crippen MR) is 83.3 cm³/mol. The molecule has 0 amide bonds. The van der Waals surface area contributed by atoms with E-state index in [0.29, 0.717) is 17.3 Å². The second-order valence-corrected chi connectivity index (χ2v) is 6.28. The molecule has 0 radical (unpaired) electrons. The zero-order chi connectivity index (χ0) is 13.7. The molecule has 1 aromatic rings. The van der Waals surface area contributed by atoms with Gasteiger partial charge in [0.1, 0.15) is 5.75 Å². The van der Waals surface area contributed by atoms with Crippen LogP contribution >= 0.6 is 23.4 Å². The average molecular weight is 301 g/mol. The first-order chi connectivity index (χ1) is 9.26. The van der Waals surface area contributed by atoms with Crippen LogP contribution in [0.4, 0.5) is 0 Å². The van der Waals surface area contributed by atoms with E-state index >= 15 is 0 Å². The van der Waals surface area contributed by atoms with Crippen molar-refractivity contribution in [2.24, 2.45) is 5.73 Å². The molecule has 1 heterocycles. The SMILES string of the molecule is COc1ccc(C(CN)N2CCCSCC2)cc1Cl. The maximum absolute atomic E-state index is 6.21. The lowest BCUT2D eigenvalue weighted by Crippen LogP contribution is -2.35. The molecule has 5 heteroatoms. The summed E-state index contributed by atoms with van der Waals surface area (Å²) in [6, 6.07) is 6.23. The molecule has 1 unspecified atom stereocenters. The highest BCUT2D eigenvalue weighted by atomic mass is 35.5. The van der Waals surface area contributed by atoms with Gasteiger partial charge in [0.25, 0.3) is 0 Å². The van der Waals surface area contributed by atoms with Gasteiger partial charge in [-0.3, -0.25) is 4.90 Å². The van der Waals surface area contributed by atoms with Crippen molar-refractivity contribution in [3.63, 3.8) is 0 Å². The molecule has 19 heavy (non-hydrogen) atoms. The Balaban J connectivity index is 2.18. The van der Waals surface area contributed by atoms with Gasteiger partial charge in [-0.1, -0.05) is 17.7 Å². The van der Waals surface area contributed by atoms with Crippen molar-refractivity contribution >= 4 is 23.4 Å². The average Bonchev–Trinajstić information content (AvgIpc) is 2.69. The van der Waals surface area contributed by atoms with Crippen LogP contribution in [0.1, 0.15) is 18.0 Å². The molecule has 1 aromatic carbocycles. The minimum absolute atomic E-state index is 0.252. The van der Waals surface area contributed by atoms with Crippen molar-refractivity contribution in [2.75, 3.05) is 38.2 Å². The number of rotatable bonds is 4. The lowest BCUT2D eigenvalue weighted by molar-refractivity contribution is 0.218. The molecule has 1 fully saturated rings. The molecule has 0 spiro atoms. The number of nitrogens with two attached hydrogens (primary N) is 1. The lowest BCUT2D eigenvalue weighted by Gasteiger charge is -2.30. The Hall–Kier alpha value is -0.420. The molecule has 1 atom stereocenters. The third-order valence-corrected chi connectivity index (χ3v) is 4.83. The highest BCUT2D eigenvalue weighted by Gasteiger charge is 2.21. The number of halogens is 1. The normalized spacial score (nSPS) is 18.9. The van der Waals surface area contributed by atoms with Gasteiger partial charge in [-0.25, -0.2) is 0 Å². The van der Waals surface area contributed by atoms with E-state index < -0.39 is 0 Å². The molecule has 1 aliphatic heterocycles. The van der Waals surface area contributed by atoms with E-state index in [9.17, 15) is 0 Å². The molecule has 0 saturated carbocycles. The first-order valence-corrected chi connectivity index (χ1v) is 8.15. The zero-order valence-corrected chi connectivity index (χ0v) is 12.8. The van der Waals surface area contributed by atoms with E-state index in [-0.39, 0.29) is 6.04 Å². The third kappa shape index (κ3) is 3.78. The van der Waals surface area contributed by atoms with Gasteiger partial charge in [-0.05, 0) is 36.4 Å². The smallest absolute Gasteiger partial charge is 0.137 e. The van der Waals surface area contributed by atoms with Crippen molar-refractivity contribution in [3.8, 4) is 5.75 Å². The summed E-state index contributed by atoms with van der Waals surface area (Å²) < 4.78 is 5.20. The van der Waals surface area contributed by atoms with Crippen molar-refractivity contribution in [1.29, 1.82) is 0 Å². The van der Waals surface area contributed by atoms with Crippen LogP contribution in [0.15, 0.2) is 18.2 Å². The van der Waals surface area contributed by atoms with Crippen LogP contribution < -0.4 is 10.5 Å². The molecule has 1 saturated heterocycles. The van der Waals surface area contributed by atoms with Gasteiger partial charge in [0, 0.05) is 24.9 Å². The van der Waals surface area contributed by atoms with Gasteiger partial charge in [-0.15, -0.1) is 0 Å². The fourth-order valence-corrected chi connectivity index (χ4v) is 3.63. The molecule has 0 bridgehead atoms. The summed E-state index contributed by atoms with van der Waals surface area (Å²) in [5, 5.41) is 0.655. The molecule has 0 aromatic heterocycles. The molecule has 0 aliphatic carbocycles.